The fourth-order valence-corrected chi connectivity index (χ4v) is 3.92. The molecular formula is C22H32O3. The first-order valence-corrected chi connectivity index (χ1v) is 9.79. The molecule has 0 aromatic rings. The van der Waals surface area contributed by atoms with Crippen molar-refractivity contribution in [3.05, 3.63) is 35.5 Å². The minimum absolute atomic E-state index is 0.124. The molecule has 0 N–H and O–H groups in total. The number of fused-ring (bicyclic) bond motifs is 1. The molecule has 25 heavy (non-hydrogen) atoms. The van der Waals surface area contributed by atoms with Crippen molar-refractivity contribution in [2.45, 2.75) is 71.1 Å². The fraction of sp³-hybridized carbons (Fsp3) is 0.636. The van der Waals surface area contributed by atoms with Gasteiger partial charge in [-0.1, -0.05) is 43.6 Å². The Labute approximate surface area is 152 Å². The summed E-state index contributed by atoms with van der Waals surface area (Å²) in [6, 6.07) is 0. The molecule has 0 saturated heterocycles. The van der Waals surface area contributed by atoms with Crippen molar-refractivity contribution in [2.24, 2.45) is 11.8 Å². The molecule has 0 bridgehead atoms. The summed E-state index contributed by atoms with van der Waals surface area (Å²) < 4.78 is 4.67. The number of hydrogen-bond acceptors (Lipinski definition) is 3. The first-order chi connectivity index (χ1) is 12.1. The molecule has 2 rings (SSSR count). The predicted octanol–water partition coefficient (Wildman–Crippen LogP) is 5.32. The van der Waals surface area contributed by atoms with Crippen molar-refractivity contribution in [2.75, 3.05) is 7.11 Å². The maximum absolute atomic E-state index is 11.9. The Kier molecular flexibility index (Phi) is 8.17. The third kappa shape index (κ3) is 6.30. The van der Waals surface area contributed by atoms with Crippen LogP contribution in [-0.2, 0) is 14.3 Å². The van der Waals surface area contributed by atoms with Crippen molar-refractivity contribution in [1.29, 1.82) is 0 Å². The Morgan fingerprint density at radius 3 is 2.80 bits per heavy atom. The Morgan fingerprint density at radius 1 is 1.20 bits per heavy atom. The van der Waals surface area contributed by atoms with Crippen LogP contribution in [0, 0.1) is 11.8 Å². The molecule has 0 amide bonds. The van der Waals surface area contributed by atoms with Crippen molar-refractivity contribution < 1.29 is 14.3 Å². The molecule has 0 aromatic heterocycles. The number of carbonyl (C=O) groups is 2. The molecule has 3 heteroatoms. The van der Waals surface area contributed by atoms with Crippen LogP contribution in [0.25, 0.3) is 0 Å². The minimum Gasteiger partial charge on any atom is -0.469 e. The SMILES string of the molecule is CCCCCC(=O)/C=C/C1=CC[C@@H]2CC(=CCCCC(=O)OC)C[C@H]12. The number of allylic oxidation sites excluding steroid dienone is 6. The summed E-state index contributed by atoms with van der Waals surface area (Å²) in [5.41, 5.74) is 2.87. The van der Waals surface area contributed by atoms with Gasteiger partial charge in [-0.2, -0.15) is 0 Å². The summed E-state index contributed by atoms with van der Waals surface area (Å²) in [4.78, 5) is 23.1. The quantitative estimate of drug-likeness (QED) is 0.233. The van der Waals surface area contributed by atoms with Crippen LogP contribution in [0.15, 0.2) is 35.5 Å². The van der Waals surface area contributed by atoms with Gasteiger partial charge < -0.3 is 4.74 Å². The third-order valence-electron chi connectivity index (χ3n) is 5.39. The maximum atomic E-state index is 11.9. The average Bonchev–Trinajstić information content (AvgIpc) is 3.17. The Balaban J connectivity index is 1.77. The standard InChI is InChI=1S/C22H32O3/c1-3-4-5-9-20(23)14-13-18-11-12-19-15-17(16-21(18)19)8-6-7-10-22(24)25-2/h8,11,13-14,19,21H,3-7,9-10,12,15-16H2,1-2H3/b14-13+,17-8?/t19-,21-/m1/s1. The average molecular weight is 344 g/mol. The Hall–Kier alpha value is -1.64. The number of unbranched alkanes of at least 4 members (excludes halogenated alkanes) is 3. The van der Waals surface area contributed by atoms with Crippen LogP contribution in [0.5, 0.6) is 0 Å². The van der Waals surface area contributed by atoms with E-state index >= 15 is 0 Å². The lowest BCUT2D eigenvalue weighted by atomic mass is 9.94. The molecule has 2 aliphatic rings. The lowest BCUT2D eigenvalue weighted by molar-refractivity contribution is -0.140. The van der Waals surface area contributed by atoms with Gasteiger partial charge in [0.05, 0.1) is 7.11 Å². The van der Waals surface area contributed by atoms with E-state index < -0.39 is 0 Å². The van der Waals surface area contributed by atoms with E-state index in [0.29, 0.717) is 24.7 Å². The summed E-state index contributed by atoms with van der Waals surface area (Å²) >= 11 is 0. The highest BCUT2D eigenvalue weighted by Crippen LogP contribution is 2.47. The van der Waals surface area contributed by atoms with E-state index in [9.17, 15) is 9.59 Å². The molecule has 3 nitrogen and oxygen atoms in total. The van der Waals surface area contributed by atoms with Crippen LogP contribution in [0.4, 0.5) is 0 Å². The van der Waals surface area contributed by atoms with E-state index in [1.807, 2.05) is 0 Å². The van der Waals surface area contributed by atoms with Crippen molar-refractivity contribution >= 4 is 11.8 Å². The van der Waals surface area contributed by atoms with E-state index in [2.05, 4.69) is 29.9 Å². The number of ketones is 1. The van der Waals surface area contributed by atoms with Crippen LogP contribution < -0.4 is 0 Å². The molecule has 2 aliphatic carbocycles. The highest BCUT2D eigenvalue weighted by molar-refractivity contribution is 5.90. The minimum atomic E-state index is -0.124. The summed E-state index contributed by atoms with van der Waals surface area (Å²) in [5.74, 6) is 1.43. The summed E-state index contributed by atoms with van der Waals surface area (Å²) in [6.45, 7) is 2.16. The smallest absolute Gasteiger partial charge is 0.305 e. The van der Waals surface area contributed by atoms with Crippen LogP contribution in [-0.4, -0.2) is 18.9 Å². The zero-order valence-electron chi connectivity index (χ0n) is 15.8. The molecule has 0 unspecified atom stereocenters. The van der Waals surface area contributed by atoms with E-state index in [0.717, 1.165) is 44.9 Å². The summed E-state index contributed by atoms with van der Waals surface area (Å²) in [7, 11) is 1.44. The maximum Gasteiger partial charge on any atom is 0.305 e. The highest BCUT2D eigenvalue weighted by atomic mass is 16.5. The molecule has 0 aromatic carbocycles. The zero-order chi connectivity index (χ0) is 18.1. The number of rotatable bonds is 10. The van der Waals surface area contributed by atoms with Gasteiger partial charge in [-0.15, -0.1) is 0 Å². The fourth-order valence-electron chi connectivity index (χ4n) is 3.92. The lowest BCUT2D eigenvalue weighted by Crippen LogP contribution is -2.02. The number of methoxy groups -OCH3 is 1. The molecule has 0 aliphatic heterocycles. The van der Waals surface area contributed by atoms with Crippen molar-refractivity contribution in [3.63, 3.8) is 0 Å². The largest absolute Gasteiger partial charge is 0.469 e. The first kappa shape index (κ1) is 19.7. The molecule has 1 saturated carbocycles. The van der Waals surface area contributed by atoms with Gasteiger partial charge in [0.1, 0.15) is 0 Å². The van der Waals surface area contributed by atoms with Crippen LogP contribution in [0.1, 0.15) is 71.1 Å². The summed E-state index contributed by atoms with van der Waals surface area (Å²) in [6.07, 6.45) is 18.2. The number of hydrogen-bond donors (Lipinski definition) is 0. The third-order valence-corrected chi connectivity index (χ3v) is 5.39. The van der Waals surface area contributed by atoms with Gasteiger partial charge in [0.2, 0.25) is 0 Å². The van der Waals surface area contributed by atoms with Gasteiger partial charge in [-0.3, -0.25) is 9.59 Å². The van der Waals surface area contributed by atoms with Crippen molar-refractivity contribution in [3.8, 4) is 0 Å². The molecule has 1 fully saturated rings. The first-order valence-electron chi connectivity index (χ1n) is 9.79. The second-order valence-electron chi connectivity index (χ2n) is 7.30. The number of esters is 1. The second kappa shape index (κ2) is 10.4. The Bertz CT molecular complexity index is 554. The molecule has 0 radical (unpaired) electrons. The molecule has 0 spiro atoms. The zero-order valence-corrected chi connectivity index (χ0v) is 15.8. The highest BCUT2D eigenvalue weighted by Gasteiger charge is 2.34. The van der Waals surface area contributed by atoms with E-state index in [4.69, 9.17) is 0 Å². The van der Waals surface area contributed by atoms with Gasteiger partial charge >= 0.3 is 5.97 Å². The van der Waals surface area contributed by atoms with Gasteiger partial charge in [0, 0.05) is 12.8 Å². The monoisotopic (exact) mass is 344 g/mol. The molecular weight excluding hydrogens is 312 g/mol. The van der Waals surface area contributed by atoms with Gasteiger partial charge in [0.25, 0.3) is 0 Å². The topological polar surface area (TPSA) is 43.4 Å². The normalized spacial score (nSPS) is 23.9. The van der Waals surface area contributed by atoms with Gasteiger partial charge in [-0.05, 0) is 62.0 Å². The van der Waals surface area contributed by atoms with Crippen LogP contribution in [0.2, 0.25) is 0 Å². The Morgan fingerprint density at radius 2 is 2.04 bits per heavy atom. The van der Waals surface area contributed by atoms with E-state index in [-0.39, 0.29) is 11.8 Å². The van der Waals surface area contributed by atoms with E-state index in [1.54, 1.807) is 6.08 Å². The van der Waals surface area contributed by atoms with Crippen LogP contribution in [0.3, 0.4) is 0 Å². The second-order valence-corrected chi connectivity index (χ2v) is 7.30. The van der Waals surface area contributed by atoms with Crippen LogP contribution >= 0.6 is 0 Å². The predicted molar refractivity (Wildman–Crippen MR) is 101 cm³/mol. The van der Waals surface area contributed by atoms with Gasteiger partial charge in [0.15, 0.2) is 5.78 Å². The number of carbonyl (C=O) groups excluding carboxylic acids is 2. The van der Waals surface area contributed by atoms with Gasteiger partial charge in [-0.25, -0.2) is 0 Å². The molecule has 0 heterocycles. The molecule has 138 valence electrons. The summed E-state index contributed by atoms with van der Waals surface area (Å²) in [5, 5.41) is 0. The van der Waals surface area contributed by atoms with E-state index in [1.165, 1.54) is 24.7 Å². The number of ether oxygens (including phenoxy) is 1. The van der Waals surface area contributed by atoms with Crippen molar-refractivity contribution in [1.82, 2.24) is 0 Å². The molecule has 2 atom stereocenters. The lowest BCUT2D eigenvalue weighted by Gasteiger charge is -2.10.